The van der Waals surface area contributed by atoms with Crippen molar-refractivity contribution in [3.63, 3.8) is 0 Å². The van der Waals surface area contributed by atoms with Crippen LogP contribution in [-0.2, 0) is 9.59 Å². The lowest BCUT2D eigenvalue weighted by atomic mass is 10.1. The number of hydrogen-bond acceptors (Lipinski definition) is 3. The molecule has 1 heterocycles. The second-order valence-electron chi connectivity index (χ2n) is 4.80. The molecule has 1 saturated heterocycles. The van der Waals surface area contributed by atoms with Gasteiger partial charge in [0.25, 0.3) is 0 Å². The lowest BCUT2D eigenvalue weighted by Gasteiger charge is -2.19. The summed E-state index contributed by atoms with van der Waals surface area (Å²) < 4.78 is 0. The molecule has 2 unspecified atom stereocenters. The first-order valence-electron chi connectivity index (χ1n) is 6.81. The number of nitrogens with one attached hydrogen (secondary N) is 1. The van der Waals surface area contributed by atoms with Crippen molar-refractivity contribution in [2.24, 2.45) is 5.92 Å². The second kappa shape index (κ2) is 7.36. The van der Waals surface area contributed by atoms with E-state index in [1.54, 1.807) is 4.90 Å². The first-order chi connectivity index (χ1) is 8.62. The van der Waals surface area contributed by atoms with E-state index in [9.17, 15) is 9.59 Å². The molecular formula is C13H24N2O3. The maximum atomic E-state index is 12.0. The molecule has 0 spiro atoms. The number of amides is 2. The van der Waals surface area contributed by atoms with Crippen LogP contribution in [0.25, 0.3) is 0 Å². The van der Waals surface area contributed by atoms with Crippen molar-refractivity contribution in [2.75, 3.05) is 19.7 Å². The van der Waals surface area contributed by atoms with Crippen LogP contribution in [0.15, 0.2) is 0 Å². The zero-order chi connectivity index (χ0) is 13.5. The Morgan fingerprint density at radius 2 is 2.17 bits per heavy atom. The molecule has 0 aromatic rings. The van der Waals surface area contributed by atoms with Crippen molar-refractivity contribution in [1.82, 2.24) is 10.2 Å². The van der Waals surface area contributed by atoms with E-state index in [1.165, 1.54) is 0 Å². The van der Waals surface area contributed by atoms with Gasteiger partial charge in [0.05, 0.1) is 5.92 Å². The normalized spacial score (nSPS) is 20.8. The number of likely N-dealkylation sites (tertiary alicyclic amines) is 1. The number of hydrogen-bond donors (Lipinski definition) is 2. The number of carbonyl (C=O) groups is 2. The molecular weight excluding hydrogens is 232 g/mol. The van der Waals surface area contributed by atoms with Gasteiger partial charge in [0.15, 0.2) is 0 Å². The molecule has 0 bridgehead atoms. The van der Waals surface area contributed by atoms with E-state index < -0.39 is 0 Å². The Morgan fingerprint density at radius 3 is 2.72 bits per heavy atom. The fourth-order valence-corrected chi connectivity index (χ4v) is 2.28. The third-order valence-electron chi connectivity index (χ3n) is 3.53. The van der Waals surface area contributed by atoms with E-state index in [0.29, 0.717) is 25.9 Å². The molecule has 2 N–H and O–H groups in total. The molecule has 0 saturated carbocycles. The predicted octanol–water partition coefficient (Wildman–Crippen LogP) is 0.522. The molecule has 1 aliphatic heterocycles. The second-order valence-corrected chi connectivity index (χ2v) is 4.80. The Morgan fingerprint density at radius 1 is 1.44 bits per heavy atom. The van der Waals surface area contributed by atoms with Crippen LogP contribution in [0, 0.1) is 5.92 Å². The number of aliphatic hydroxyl groups excluding tert-OH is 1. The highest BCUT2D eigenvalue weighted by atomic mass is 16.3. The van der Waals surface area contributed by atoms with E-state index in [4.69, 9.17) is 5.11 Å². The van der Waals surface area contributed by atoms with Gasteiger partial charge in [-0.05, 0) is 19.3 Å². The fourth-order valence-electron chi connectivity index (χ4n) is 2.28. The summed E-state index contributed by atoms with van der Waals surface area (Å²) in [5, 5.41) is 11.8. The highest BCUT2D eigenvalue weighted by molar-refractivity contribution is 5.82. The fraction of sp³-hybridized carbons (Fsp3) is 0.846. The standard InChI is InChI=1S/C13H24N2O3/c1-3-11(6-8-16)14-13(18)10-5-7-15(9-10)12(17)4-2/h10-11,16H,3-9H2,1-2H3,(H,14,18). The van der Waals surface area contributed by atoms with Crippen LogP contribution in [0.1, 0.15) is 39.5 Å². The van der Waals surface area contributed by atoms with Crippen molar-refractivity contribution in [2.45, 2.75) is 45.6 Å². The largest absolute Gasteiger partial charge is 0.396 e. The van der Waals surface area contributed by atoms with Crippen molar-refractivity contribution in [3.8, 4) is 0 Å². The molecule has 1 rings (SSSR count). The van der Waals surface area contributed by atoms with Gasteiger partial charge in [-0.15, -0.1) is 0 Å². The first-order valence-corrected chi connectivity index (χ1v) is 6.81. The summed E-state index contributed by atoms with van der Waals surface area (Å²) in [7, 11) is 0. The van der Waals surface area contributed by atoms with Crippen LogP contribution in [0.3, 0.4) is 0 Å². The summed E-state index contributed by atoms with van der Waals surface area (Å²) in [4.78, 5) is 25.3. The van der Waals surface area contributed by atoms with Gasteiger partial charge in [-0.1, -0.05) is 13.8 Å². The van der Waals surface area contributed by atoms with E-state index in [0.717, 1.165) is 12.8 Å². The first kappa shape index (κ1) is 15.0. The molecule has 0 aromatic carbocycles. The molecule has 1 aliphatic rings. The lowest BCUT2D eigenvalue weighted by Crippen LogP contribution is -2.40. The minimum atomic E-state index is -0.0896. The third-order valence-corrected chi connectivity index (χ3v) is 3.53. The third kappa shape index (κ3) is 3.98. The van der Waals surface area contributed by atoms with Crippen LogP contribution < -0.4 is 5.32 Å². The summed E-state index contributed by atoms with van der Waals surface area (Å²) in [6, 6.07) is 0.0402. The van der Waals surface area contributed by atoms with E-state index in [2.05, 4.69) is 5.32 Å². The van der Waals surface area contributed by atoms with Gasteiger partial charge < -0.3 is 15.3 Å². The van der Waals surface area contributed by atoms with Crippen molar-refractivity contribution < 1.29 is 14.7 Å². The zero-order valence-electron chi connectivity index (χ0n) is 11.3. The Hall–Kier alpha value is -1.10. The molecule has 0 aliphatic carbocycles. The summed E-state index contributed by atoms with van der Waals surface area (Å²) in [6.07, 6.45) is 2.65. The zero-order valence-corrected chi connectivity index (χ0v) is 11.3. The van der Waals surface area contributed by atoms with E-state index in [-0.39, 0.29) is 30.4 Å². The molecule has 0 aromatic heterocycles. The van der Waals surface area contributed by atoms with Gasteiger partial charge in [-0.25, -0.2) is 0 Å². The molecule has 5 nitrogen and oxygen atoms in total. The molecule has 1 fully saturated rings. The minimum Gasteiger partial charge on any atom is -0.396 e. The Labute approximate surface area is 109 Å². The number of carbonyl (C=O) groups excluding carboxylic acids is 2. The van der Waals surface area contributed by atoms with Gasteiger partial charge in [0, 0.05) is 32.2 Å². The van der Waals surface area contributed by atoms with Gasteiger partial charge in [0.2, 0.25) is 11.8 Å². The molecule has 2 amide bonds. The van der Waals surface area contributed by atoms with Gasteiger partial charge >= 0.3 is 0 Å². The highest BCUT2D eigenvalue weighted by Crippen LogP contribution is 2.17. The maximum Gasteiger partial charge on any atom is 0.225 e. The van der Waals surface area contributed by atoms with E-state index in [1.807, 2.05) is 13.8 Å². The summed E-state index contributed by atoms with van der Waals surface area (Å²) in [5.41, 5.74) is 0. The molecule has 0 radical (unpaired) electrons. The average molecular weight is 256 g/mol. The highest BCUT2D eigenvalue weighted by Gasteiger charge is 2.30. The van der Waals surface area contributed by atoms with Crippen molar-refractivity contribution >= 4 is 11.8 Å². The van der Waals surface area contributed by atoms with Crippen LogP contribution in [-0.4, -0.2) is 47.6 Å². The molecule has 2 atom stereocenters. The topological polar surface area (TPSA) is 69.6 Å². The van der Waals surface area contributed by atoms with E-state index >= 15 is 0 Å². The lowest BCUT2D eigenvalue weighted by molar-refractivity contribution is -0.130. The smallest absolute Gasteiger partial charge is 0.225 e. The number of rotatable bonds is 6. The summed E-state index contributed by atoms with van der Waals surface area (Å²) in [6.45, 7) is 5.13. The molecule has 18 heavy (non-hydrogen) atoms. The average Bonchev–Trinajstić information content (AvgIpc) is 2.86. The summed E-state index contributed by atoms with van der Waals surface area (Å²) >= 11 is 0. The Kier molecular flexibility index (Phi) is 6.12. The Bertz CT molecular complexity index is 294. The molecule has 104 valence electrons. The number of nitrogens with zero attached hydrogens (tertiary/aromatic N) is 1. The maximum absolute atomic E-state index is 12.0. The quantitative estimate of drug-likeness (QED) is 0.728. The van der Waals surface area contributed by atoms with Gasteiger partial charge in [-0.2, -0.15) is 0 Å². The monoisotopic (exact) mass is 256 g/mol. The van der Waals surface area contributed by atoms with Crippen LogP contribution in [0.5, 0.6) is 0 Å². The SMILES string of the molecule is CCC(=O)N1CCC(C(=O)NC(CC)CCO)C1. The van der Waals surface area contributed by atoms with Crippen LogP contribution in [0.4, 0.5) is 0 Å². The summed E-state index contributed by atoms with van der Waals surface area (Å²) in [5.74, 6) is 0.0441. The molecule has 5 heteroatoms. The predicted molar refractivity (Wildman–Crippen MR) is 68.9 cm³/mol. The number of aliphatic hydroxyl groups is 1. The van der Waals surface area contributed by atoms with Gasteiger partial charge in [-0.3, -0.25) is 9.59 Å². The van der Waals surface area contributed by atoms with Crippen molar-refractivity contribution in [3.05, 3.63) is 0 Å². The minimum absolute atomic E-state index is 0.0155. The van der Waals surface area contributed by atoms with Gasteiger partial charge in [0.1, 0.15) is 0 Å². The van der Waals surface area contributed by atoms with Crippen LogP contribution >= 0.6 is 0 Å². The van der Waals surface area contributed by atoms with Crippen LogP contribution in [0.2, 0.25) is 0 Å². The Balaban J connectivity index is 2.42. The van der Waals surface area contributed by atoms with Crippen molar-refractivity contribution in [1.29, 1.82) is 0 Å².